The number of fused-ring (bicyclic) bond motifs is 1. The van der Waals surface area contributed by atoms with Crippen molar-refractivity contribution in [3.05, 3.63) is 39.5 Å². The van der Waals surface area contributed by atoms with E-state index in [1.165, 1.54) is 11.1 Å². The number of rotatable bonds is 7. The fraction of sp³-hybridized carbons (Fsp3) is 0.615. The largest absolute Gasteiger partial charge is 0.543 e. The molecule has 1 N–H and O–H groups in total. The van der Waals surface area contributed by atoms with E-state index >= 15 is 0 Å². The van der Waals surface area contributed by atoms with Crippen molar-refractivity contribution in [2.24, 2.45) is 5.92 Å². The van der Waals surface area contributed by atoms with E-state index in [4.69, 9.17) is 9.16 Å². The number of carboxylic acids is 1. The van der Waals surface area contributed by atoms with Crippen molar-refractivity contribution in [3.63, 3.8) is 0 Å². The summed E-state index contributed by atoms with van der Waals surface area (Å²) in [4.78, 5) is 24.1. The summed E-state index contributed by atoms with van der Waals surface area (Å²) in [5.74, 6) is -0.211. The van der Waals surface area contributed by atoms with Crippen LogP contribution < -0.4 is 4.43 Å². The number of carbonyl (C=O) groups is 2. The molecule has 1 atom stereocenters. The van der Waals surface area contributed by atoms with Crippen molar-refractivity contribution in [2.45, 2.75) is 97.9 Å². The Morgan fingerprint density at radius 1 is 1.28 bits per heavy atom. The standard InChI is InChI=1S/C26H38O5Si/c1-8-19-16(2)21-15-30-25(29)23(21)24(31-32(6,7)26(3,4)5)20(19)13-12-17-10-9-11-18(17)14-22(27)28/h12,18H,8-11,13-15H2,1-7H3,(H,27,28)/b17-12+/t18-/m0/s1. The van der Waals surface area contributed by atoms with E-state index in [9.17, 15) is 14.7 Å². The minimum absolute atomic E-state index is 0.00652. The molecule has 5 nitrogen and oxygen atoms in total. The summed E-state index contributed by atoms with van der Waals surface area (Å²) in [6.07, 6.45) is 6.81. The molecule has 0 spiro atoms. The van der Waals surface area contributed by atoms with E-state index in [0.29, 0.717) is 24.3 Å². The van der Waals surface area contributed by atoms with Crippen LogP contribution in [0.2, 0.25) is 18.1 Å². The maximum atomic E-state index is 12.8. The molecule has 0 amide bonds. The summed E-state index contributed by atoms with van der Waals surface area (Å²) in [7, 11) is -2.20. The Hall–Kier alpha value is -2.08. The number of hydrogen-bond acceptors (Lipinski definition) is 4. The lowest BCUT2D eigenvalue weighted by atomic mass is 9.88. The molecule has 1 heterocycles. The van der Waals surface area contributed by atoms with Crippen LogP contribution in [0.1, 0.15) is 86.0 Å². The van der Waals surface area contributed by atoms with Crippen molar-refractivity contribution in [3.8, 4) is 5.75 Å². The van der Waals surface area contributed by atoms with Gasteiger partial charge < -0.3 is 14.3 Å². The minimum atomic E-state index is -2.20. The topological polar surface area (TPSA) is 72.8 Å². The number of cyclic esters (lactones) is 1. The number of allylic oxidation sites excluding steroid dienone is 2. The molecule has 1 aliphatic heterocycles. The minimum Gasteiger partial charge on any atom is -0.543 e. The van der Waals surface area contributed by atoms with Gasteiger partial charge in [0.1, 0.15) is 17.9 Å². The van der Waals surface area contributed by atoms with E-state index in [-0.39, 0.29) is 23.3 Å². The van der Waals surface area contributed by atoms with Gasteiger partial charge in [-0.15, -0.1) is 0 Å². The second kappa shape index (κ2) is 9.04. The zero-order chi connectivity index (χ0) is 23.8. The highest BCUT2D eigenvalue weighted by Crippen LogP contribution is 2.44. The quantitative estimate of drug-likeness (QED) is 0.292. The van der Waals surface area contributed by atoms with Gasteiger partial charge in [0.2, 0.25) is 0 Å². The predicted octanol–water partition coefficient (Wildman–Crippen LogP) is 6.36. The van der Waals surface area contributed by atoms with Crippen LogP contribution in [-0.4, -0.2) is 25.4 Å². The molecule has 0 saturated heterocycles. The predicted molar refractivity (Wildman–Crippen MR) is 129 cm³/mol. The fourth-order valence-electron chi connectivity index (χ4n) is 4.73. The highest BCUT2D eigenvalue weighted by atomic mass is 28.4. The lowest BCUT2D eigenvalue weighted by Gasteiger charge is -2.38. The van der Waals surface area contributed by atoms with Gasteiger partial charge in [-0.3, -0.25) is 4.79 Å². The SMILES string of the molecule is CCc1c(C)c2c(c(O[Si](C)(C)C(C)(C)C)c1C/C=C1\CCC[C@H]1CC(=O)O)C(=O)OC2. The van der Waals surface area contributed by atoms with Gasteiger partial charge in [-0.25, -0.2) is 4.79 Å². The molecular formula is C26H38O5Si. The van der Waals surface area contributed by atoms with Gasteiger partial charge in [0, 0.05) is 11.1 Å². The molecule has 0 radical (unpaired) electrons. The molecule has 2 aliphatic rings. The molecule has 3 rings (SSSR count). The van der Waals surface area contributed by atoms with Crippen LogP contribution in [-0.2, 0) is 29.0 Å². The zero-order valence-electron chi connectivity index (χ0n) is 20.7. The van der Waals surface area contributed by atoms with Crippen LogP contribution in [0.5, 0.6) is 5.75 Å². The first-order valence-electron chi connectivity index (χ1n) is 11.8. The molecule has 0 unspecified atom stereocenters. The Labute approximate surface area is 193 Å². The second-order valence-electron chi connectivity index (χ2n) is 10.7. The molecule has 1 aliphatic carbocycles. The summed E-state index contributed by atoms with van der Waals surface area (Å²) < 4.78 is 12.3. The Morgan fingerprint density at radius 2 is 1.97 bits per heavy atom. The maximum absolute atomic E-state index is 12.8. The Balaban J connectivity index is 2.13. The average Bonchev–Trinajstić information content (AvgIpc) is 3.27. The molecule has 1 aromatic carbocycles. The van der Waals surface area contributed by atoms with Crippen molar-refractivity contribution in [2.75, 3.05) is 0 Å². The van der Waals surface area contributed by atoms with E-state index in [1.54, 1.807) is 0 Å². The number of carbonyl (C=O) groups excluding carboxylic acids is 1. The van der Waals surface area contributed by atoms with Crippen molar-refractivity contribution in [1.29, 1.82) is 0 Å². The summed E-state index contributed by atoms with van der Waals surface area (Å²) in [6.45, 7) is 15.5. The summed E-state index contributed by atoms with van der Waals surface area (Å²) in [5, 5.41) is 9.28. The highest BCUT2D eigenvalue weighted by Gasteiger charge is 2.42. The normalized spacial score (nSPS) is 19.9. The van der Waals surface area contributed by atoms with Crippen LogP contribution in [0.15, 0.2) is 11.6 Å². The summed E-state index contributed by atoms with van der Waals surface area (Å²) >= 11 is 0. The third-order valence-corrected chi connectivity index (χ3v) is 12.0. The lowest BCUT2D eigenvalue weighted by Crippen LogP contribution is -2.44. The summed E-state index contributed by atoms with van der Waals surface area (Å²) in [5.41, 5.74) is 6.21. The van der Waals surface area contributed by atoms with Crippen LogP contribution in [0, 0.1) is 12.8 Å². The van der Waals surface area contributed by atoms with Crippen molar-refractivity contribution < 1.29 is 23.9 Å². The second-order valence-corrected chi connectivity index (χ2v) is 15.5. The number of carboxylic acid groups (broad SMARTS) is 1. The third-order valence-electron chi connectivity index (χ3n) is 7.67. The number of benzene rings is 1. The zero-order valence-corrected chi connectivity index (χ0v) is 21.7. The smallest absolute Gasteiger partial charge is 0.342 e. The average molecular weight is 459 g/mol. The van der Waals surface area contributed by atoms with E-state index in [1.807, 2.05) is 0 Å². The Kier molecular flexibility index (Phi) is 6.94. The highest BCUT2D eigenvalue weighted by molar-refractivity contribution is 6.74. The number of ether oxygens (including phenoxy) is 1. The van der Waals surface area contributed by atoms with Crippen LogP contribution >= 0.6 is 0 Å². The van der Waals surface area contributed by atoms with E-state index in [2.05, 4.69) is 53.8 Å². The molecular weight excluding hydrogens is 420 g/mol. The number of aliphatic carboxylic acids is 1. The maximum Gasteiger partial charge on any atom is 0.342 e. The van der Waals surface area contributed by atoms with Gasteiger partial charge in [-0.2, -0.15) is 0 Å². The fourth-order valence-corrected chi connectivity index (χ4v) is 5.77. The molecule has 1 fully saturated rings. The first-order chi connectivity index (χ1) is 14.9. The van der Waals surface area contributed by atoms with Crippen LogP contribution in [0.3, 0.4) is 0 Å². The molecule has 0 aromatic heterocycles. The molecule has 1 saturated carbocycles. The lowest BCUT2D eigenvalue weighted by molar-refractivity contribution is -0.137. The molecule has 6 heteroatoms. The first-order valence-corrected chi connectivity index (χ1v) is 14.7. The van der Waals surface area contributed by atoms with Gasteiger partial charge in [0.15, 0.2) is 0 Å². The van der Waals surface area contributed by atoms with Gasteiger partial charge in [0.05, 0.1) is 6.42 Å². The summed E-state index contributed by atoms with van der Waals surface area (Å²) in [6, 6.07) is 0. The molecule has 32 heavy (non-hydrogen) atoms. The number of hydrogen-bond donors (Lipinski definition) is 1. The van der Waals surface area contributed by atoms with E-state index in [0.717, 1.165) is 42.4 Å². The first kappa shape index (κ1) is 24.6. The van der Waals surface area contributed by atoms with Gasteiger partial charge in [-0.1, -0.05) is 39.3 Å². The molecule has 1 aromatic rings. The monoisotopic (exact) mass is 458 g/mol. The third kappa shape index (κ3) is 4.66. The van der Waals surface area contributed by atoms with Gasteiger partial charge >= 0.3 is 11.9 Å². The van der Waals surface area contributed by atoms with Crippen LogP contribution in [0.25, 0.3) is 0 Å². The van der Waals surface area contributed by atoms with Gasteiger partial charge in [-0.05, 0) is 74.2 Å². The number of esters is 1. The Bertz CT molecular complexity index is 952. The van der Waals surface area contributed by atoms with Crippen LogP contribution in [0.4, 0.5) is 0 Å². The molecule has 0 bridgehead atoms. The Morgan fingerprint density at radius 3 is 2.56 bits per heavy atom. The van der Waals surface area contributed by atoms with Gasteiger partial charge in [0.25, 0.3) is 8.32 Å². The van der Waals surface area contributed by atoms with Crippen molar-refractivity contribution >= 4 is 20.3 Å². The van der Waals surface area contributed by atoms with Crippen molar-refractivity contribution in [1.82, 2.24) is 0 Å². The molecule has 176 valence electrons. The van der Waals surface area contributed by atoms with E-state index < -0.39 is 14.3 Å².